The van der Waals surface area contributed by atoms with Crippen LogP contribution in [-0.4, -0.2) is 42.8 Å². The molecule has 0 aromatic carbocycles. The van der Waals surface area contributed by atoms with Gasteiger partial charge < -0.3 is 10.5 Å². The van der Waals surface area contributed by atoms with Crippen molar-refractivity contribution in [2.45, 2.75) is 70.9 Å². The predicted octanol–water partition coefficient (Wildman–Crippen LogP) is 2.79. The molecule has 3 nitrogen and oxygen atoms in total. The fourth-order valence-corrected chi connectivity index (χ4v) is 3.77. The van der Waals surface area contributed by atoms with E-state index in [9.17, 15) is 0 Å². The lowest BCUT2D eigenvalue weighted by molar-refractivity contribution is -0.0392. The Morgan fingerprint density at radius 3 is 2.16 bits per heavy atom. The van der Waals surface area contributed by atoms with Crippen molar-refractivity contribution in [1.82, 2.24) is 4.90 Å². The molecule has 0 radical (unpaired) electrons. The fraction of sp³-hybridized carbons (Fsp3) is 1.00. The van der Waals surface area contributed by atoms with Crippen LogP contribution in [0.15, 0.2) is 0 Å². The molecule has 0 amide bonds. The summed E-state index contributed by atoms with van der Waals surface area (Å²) in [7, 11) is 0. The van der Waals surface area contributed by atoms with Crippen molar-refractivity contribution in [3.8, 4) is 0 Å². The van der Waals surface area contributed by atoms with E-state index in [4.69, 9.17) is 10.5 Å². The molecule has 3 heteroatoms. The van der Waals surface area contributed by atoms with Crippen LogP contribution in [0.3, 0.4) is 0 Å². The third-order valence-corrected chi connectivity index (χ3v) is 5.43. The molecule has 2 fully saturated rings. The Bertz CT molecular complexity index is 272. The molecule has 2 rings (SSSR count). The SMILES string of the molecule is CCOC1CCN(C2(CN)CCC(C)(C)CC2)CC1. The van der Waals surface area contributed by atoms with Crippen molar-refractivity contribution >= 4 is 0 Å². The van der Waals surface area contributed by atoms with E-state index < -0.39 is 0 Å². The third kappa shape index (κ3) is 3.50. The van der Waals surface area contributed by atoms with Crippen LogP contribution in [0.5, 0.6) is 0 Å². The van der Waals surface area contributed by atoms with Gasteiger partial charge in [0, 0.05) is 31.8 Å². The lowest BCUT2D eigenvalue weighted by Gasteiger charge is -2.51. The van der Waals surface area contributed by atoms with E-state index in [1.54, 1.807) is 0 Å². The molecule has 1 aliphatic heterocycles. The number of nitrogens with zero attached hydrogens (tertiary/aromatic N) is 1. The van der Waals surface area contributed by atoms with Crippen LogP contribution < -0.4 is 5.73 Å². The molecule has 0 aromatic heterocycles. The zero-order valence-electron chi connectivity index (χ0n) is 13.1. The van der Waals surface area contributed by atoms with Gasteiger partial charge in [-0.05, 0) is 50.9 Å². The first-order chi connectivity index (χ1) is 9.01. The third-order valence-electron chi connectivity index (χ3n) is 5.43. The highest BCUT2D eigenvalue weighted by atomic mass is 16.5. The van der Waals surface area contributed by atoms with Crippen LogP contribution in [0.4, 0.5) is 0 Å². The Morgan fingerprint density at radius 2 is 1.68 bits per heavy atom. The lowest BCUT2D eigenvalue weighted by Crippen LogP contribution is -2.59. The number of ether oxygens (including phenoxy) is 1. The molecule has 0 unspecified atom stereocenters. The van der Waals surface area contributed by atoms with E-state index in [2.05, 4.69) is 25.7 Å². The molecule has 2 N–H and O–H groups in total. The minimum atomic E-state index is 0.284. The average Bonchev–Trinajstić information content (AvgIpc) is 2.41. The second kappa shape index (κ2) is 6.11. The molecule has 1 saturated heterocycles. The van der Waals surface area contributed by atoms with Crippen molar-refractivity contribution < 1.29 is 4.74 Å². The van der Waals surface area contributed by atoms with Gasteiger partial charge in [0.15, 0.2) is 0 Å². The van der Waals surface area contributed by atoms with Gasteiger partial charge in [-0.25, -0.2) is 0 Å². The van der Waals surface area contributed by atoms with E-state index in [-0.39, 0.29) is 5.54 Å². The number of likely N-dealkylation sites (tertiary alicyclic amines) is 1. The largest absolute Gasteiger partial charge is 0.378 e. The van der Waals surface area contributed by atoms with Crippen LogP contribution >= 0.6 is 0 Å². The molecule has 2 aliphatic rings. The van der Waals surface area contributed by atoms with Gasteiger partial charge in [-0.15, -0.1) is 0 Å². The van der Waals surface area contributed by atoms with E-state index in [0.29, 0.717) is 11.5 Å². The molecule has 0 aromatic rings. The Hall–Kier alpha value is -0.120. The Balaban J connectivity index is 1.92. The van der Waals surface area contributed by atoms with Gasteiger partial charge in [-0.1, -0.05) is 13.8 Å². The van der Waals surface area contributed by atoms with Crippen molar-refractivity contribution in [3.05, 3.63) is 0 Å². The summed E-state index contributed by atoms with van der Waals surface area (Å²) >= 11 is 0. The van der Waals surface area contributed by atoms with Gasteiger partial charge in [0.25, 0.3) is 0 Å². The second-order valence-electron chi connectivity index (χ2n) is 7.23. The van der Waals surface area contributed by atoms with Crippen molar-refractivity contribution in [2.24, 2.45) is 11.1 Å². The maximum absolute atomic E-state index is 6.18. The van der Waals surface area contributed by atoms with Crippen LogP contribution in [-0.2, 0) is 4.74 Å². The van der Waals surface area contributed by atoms with E-state index in [1.165, 1.54) is 51.6 Å². The fourth-order valence-electron chi connectivity index (χ4n) is 3.77. The molecular weight excluding hydrogens is 236 g/mol. The number of rotatable bonds is 4. The van der Waals surface area contributed by atoms with Crippen molar-refractivity contribution in [1.29, 1.82) is 0 Å². The first kappa shape index (κ1) is 15.3. The summed E-state index contributed by atoms with van der Waals surface area (Å²) in [5, 5.41) is 0. The van der Waals surface area contributed by atoms with E-state index in [0.717, 1.165) is 13.2 Å². The highest BCUT2D eigenvalue weighted by Crippen LogP contribution is 2.43. The van der Waals surface area contributed by atoms with Gasteiger partial charge in [0.2, 0.25) is 0 Å². The quantitative estimate of drug-likeness (QED) is 0.852. The minimum Gasteiger partial charge on any atom is -0.378 e. The molecule has 1 aliphatic carbocycles. The molecule has 0 bridgehead atoms. The van der Waals surface area contributed by atoms with Crippen LogP contribution in [0.25, 0.3) is 0 Å². The summed E-state index contributed by atoms with van der Waals surface area (Å²) < 4.78 is 5.76. The smallest absolute Gasteiger partial charge is 0.0599 e. The molecule has 0 spiro atoms. The molecule has 1 heterocycles. The summed E-state index contributed by atoms with van der Waals surface area (Å²) in [4.78, 5) is 2.68. The molecule has 112 valence electrons. The normalized spacial score (nSPS) is 28.4. The number of hydrogen-bond acceptors (Lipinski definition) is 3. The minimum absolute atomic E-state index is 0.284. The predicted molar refractivity (Wildman–Crippen MR) is 80.3 cm³/mol. The lowest BCUT2D eigenvalue weighted by atomic mass is 9.68. The van der Waals surface area contributed by atoms with E-state index >= 15 is 0 Å². The Labute approximate surface area is 118 Å². The highest BCUT2D eigenvalue weighted by molar-refractivity contribution is 4.99. The number of nitrogens with two attached hydrogens (primary N) is 1. The van der Waals surface area contributed by atoms with Gasteiger partial charge in [-0.2, -0.15) is 0 Å². The van der Waals surface area contributed by atoms with Crippen LogP contribution in [0, 0.1) is 5.41 Å². The summed E-state index contributed by atoms with van der Waals surface area (Å²) in [5.74, 6) is 0. The van der Waals surface area contributed by atoms with E-state index in [1.807, 2.05) is 0 Å². The highest BCUT2D eigenvalue weighted by Gasteiger charge is 2.42. The van der Waals surface area contributed by atoms with Crippen molar-refractivity contribution in [2.75, 3.05) is 26.2 Å². The van der Waals surface area contributed by atoms with Gasteiger partial charge in [0.1, 0.15) is 0 Å². The first-order valence-corrected chi connectivity index (χ1v) is 8.08. The Kier molecular flexibility index (Phi) is 4.91. The summed E-state index contributed by atoms with van der Waals surface area (Å²) in [6.07, 6.45) is 8.02. The molecule has 1 saturated carbocycles. The first-order valence-electron chi connectivity index (χ1n) is 8.08. The summed E-state index contributed by atoms with van der Waals surface area (Å²) in [5.41, 5.74) is 6.98. The van der Waals surface area contributed by atoms with Gasteiger partial charge in [0.05, 0.1) is 6.10 Å². The van der Waals surface area contributed by atoms with Gasteiger partial charge >= 0.3 is 0 Å². The van der Waals surface area contributed by atoms with Crippen LogP contribution in [0.2, 0.25) is 0 Å². The number of piperidine rings is 1. The monoisotopic (exact) mass is 268 g/mol. The standard InChI is InChI=1S/C16H32N2O/c1-4-19-14-5-11-18(12-6-14)16(13-17)9-7-15(2,3)8-10-16/h14H,4-13,17H2,1-3H3. The molecule has 0 atom stereocenters. The summed E-state index contributed by atoms with van der Waals surface area (Å²) in [6.45, 7) is 10.9. The number of hydrogen-bond donors (Lipinski definition) is 1. The zero-order valence-corrected chi connectivity index (χ0v) is 13.1. The van der Waals surface area contributed by atoms with Gasteiger partial charge in [-0.3, -0.25) is 4.90 Å². The van der Waals surface area contributed by atoms with Crippen LogP contribution in [0.1, 0.15) is 59.3 Å². The Morgan fingerprint density at radius 1 is 1.11 bits per heavy atom. The maximum atomic E-state index is 6.18. The maximum Gasteiger partial charge on any atom is 0.0599 e. The molecular formula is C16H32N2O. The van der Waals surface area contributed by atoms with Crippen molar-refractivity contribution in [3.63, 3.8) is 0 Å². The zero-order chi connectivity index (χ0) is 13.9. The average molecular weight is 268 g/mol. The second-order valence-corrected chi connectivity index (χ2v) is 7.23. The molecule has 19 heavy (non-hydrogen) atoms. The topological polar surface area (TPSA) is 38.5 Å². The summed E-state index contributed by atoms with van der Waals surface area (Å²) in [6, 6.07) is 0.